The minimum Gasteiger partial charge on any atom is -0.493 e. The van der Waals surface area contributed by atoms with Gasteiger partial charge in [-0.3, -0.25) is 0 Å². The molecule has 2 heterocycles. The summed E-state index contributed by atoms with van der Waals surface area (Å²) in [4.78, 5) is 17.8. The lowest BCUT2D eigenvalue weighted by atomic mass is 9.91. The molecule has 3 aromatic carbocycles. The lowest BCUT2D eigenvalue weighted by Crippen LogP contribution is -2.43. The number of hydrogen-bond acceptors (Lipinski definition) is 9. The standard InChI is InChI=1S/C32H35FN6O3S.C2HF3O2/c1-39(28-13-9-25(10-14-28)35-21-23-4-2-3-22-18-20-42-31(22)23)43(40,41)29-15-11-27(12-16-29)37-32-34-19-17-30(38-32)36-26-7-5-24(33)6-8-26;3-2(4,5)1(6)7/h2-8,11-12,15-17,19,25,28,35H,9-10,13-14,18,20-21H2,1H3,(H2,34,36,37,38);(H,6,7). The zero-order valence-electron chi connectivity index (χ0n) is 27.0. The van der Waals surface area contributed by atoms with E-state index in [1.54, 1.807) is 55.7 Å². The van der Waals surface area contributed by atoms with Crippen molar-refractivity contribution in [2.24, 2.45) is 0 Å². The number of hydrogen-bond donors (Lipinski definition) is 4. The molecule has 0 atom stereocenters. The fourth-order valence-electron chi connectivity index (χ4n) is 5.69. The summed E-state index contributed by atoms with van der Waals surface area (Å²) in [6.07, 6.45) is 0.915. The van der Waals surface area contributed by atoms with Gasteiger partial charge in [0, 0.05) is 55.2 Å². The zero-order valence-corrected chi connectivity index (χ0v) is 27.8. The first-order valence-electron chi connectivity index (χ1n) is 15.8. The number of anilines is 4. The molecule has 0 radical (unpaired) electrons. The largest absolute Gasteiger partial charge is 0.493 e. The van der Waals surface area contributed by atoms with Crippen LogP contribution < -0.4 is 20.7 Å². The average molecular weight is 717 g/mol. The molecule has 2 aliphatic rings. The summed E-state index contributed by atoms with van der Waals surface area (Å²) in [6.45, 7) is 1.50. The number of halogens is 4. The number of para-hydroxylation sites is 1. The Morgan fingerprint density at radius 1 is 0.960 bits per heavy atom. The van der Waals surface area contributed by atoms with Gasteiger partial charge in [0.2, 0.25) is 16.0 Å². The Morgan fingerprint density at radius 2 is 1.60 bits per heavy atom. The maximum absolute atomic E-state index is 13.5. The van der Waals surface area contributed by atoms with Crippen molar-refractivity contribution in [3.8, 4) is 5.75 Å². The second kappa shape index (κ2) is 15.8. The van der Waals surface area contributed by atoms with E-state index in [-0.39, 0.29) is 16.8 Å². The highest BCUT2D eigenvalue weighted by molar-refractivity contribution is 7.89. The van der Waals surface area contributed by atoms with E-state index in [9.17, 15) is 26.0 Å². The highest BCUT2D eigenvalue weighted by Gasteiger charge is 2.38. The van der Waals surface area contributed by atoms with E-state index in [1.807, 2.05) is 0 Å². The van der Waals surface area contributed by atoms with Gasteiger partial charge in [-0.15, -0.1) is 0 Å². The van der Waals surface area contributed by atoms with Crippen molar-refractivity contribution in [2.75, 3.05) is 24.3 Å². The second-order valence-corrected chi connectivity index (χ2v) is 13.8. The number of rotatable bonds is 10. The van der Waals surface area contributed by atoms with Gasteiger partial charge < -0.3 is 25.8 Å². The Labute approximate surface area is 286 Å². The minimum absolute atomic E-state index is 0.0464. The van der Waals surface area contributed by atoms with Crippen LogP contribution >= 0.6 is 0 Å². The normalized spacial score (nSPS) is 17.2. The molecule has 50 heavy (non-hydrogen) atoms. The van der Waals surface area contributed by atoms with Gasteiger partial charge in [0.25, 0.3) is 0 Å². The van der Waals surface area contributed by atoms with Gasteiger partial charge >= 0.3 is 12.1 Å². The molecule has 1 aromatic heterocycles. The number of alkyl halides is 3. The number of ether oxygens (including phenoxy) is 1. The molecule has 4 N–H and O–H groups in total. The summed E-state index contributed by atoms with van der Waals surface area (Å²) in [7, 11) is -1.97. The van der Waals surface area contributed by atoms with Crippen LogP contribution in [0.2, 0.25) is 0 Å². The Balaban J connectivity index is 0.000000630. The van der Waals surface area contributed by atoms with Gasteiger partial charge in [0.05, 0.1) is 11.5 Å². The summed E-state index contributed by atoms with van der Waals surface area (Å²) in [5.74, 6) is -1.17. The molecule has 1 saturated carbocycles. The third-order valence-electron chi connectivity index (χ3n) is 8.39. The number of benzene rings is 3. The number of nitrogens with one attached hydrogen (secondary N) is 3. The van der Waals surface area contributed by atoms with E-state index >= 15 is 0 Å². The summed E-state index contributed by atoms with van der Waals surface area (Å²) in [5, 5.41) is 17.0. The van der Waals surface area contributed by atoms with Gasteiger partial charge in [-0.25, -0.2) is 22.6 Å². The van der Waals surface area contributed by atoms with E-state index in [4.69, 9.17) is 14.6 Å². The topological polar surface area (TPSA) is 146 Å². The molecule has 0 saturated heterocycles. The molecule has 6 rings (SSSR count). The molecule has 4 aromatic rings. The maximum Gasteiger partial charge on any atom is 0.490 e. The quantitative estimate of drug-likeness (QED) is 0.136. The lowest BCUT2D eigenvalue weighted by molar-refractivity contribution is -0.192. The minimum atomic E-state index is -5.08. The number of carboxylic acids is 1. The van der Waals surface area contributed by atoms with E-state index in [1.165, 1.54) is 27.6 Å². The first kappa shape index (κ1) is 36.5. The Bertz CT molecular complexity index is 1870. The highest BCUT2D eigenvalue weighted by Crippen LogP contribution is 2.31. The van der Waals surface area contributed by atoms with Crippen molar-refractivity contribution in [2.45, 2.75) is 61.8 Å². The van der Waals surface area contributed by atoms with E-state index < -0.39 is 22.2 Å². The molecule has 0 unspecified atom stereocenters. The molecule has 0 amide bonds. The number of sulfonamides is 1. The number of carbonyl (C=O) groups is 1. The summed E-state index contributed by atoms with van der Waals surface area (Å²) < 4.78 is 79.2. The van der Waals surface area contributed by atoms with Crippen LogP contribution in [0.5, 0.6) is 5.75 Å². The predicted octanol–water partition coefficient (Wildman–Crippen LogP) is 6.39. The predicted molar refractivity (Wildman–Crippen MR) is 179 cm³/mol. The van der Waals surface area contributed by atoms with Gasteiger partial charge in [0.1, 0.15) is 17.4 Å². The van der Waals surface area contributed by atoms with E-state index in [0.29, 0.717) is 29.2 Å². The van der Waals surface area contributed by atoms with Crippen molar-refractivity contribution < 1.29 is 40.6 Å². The van der Waals surface area contributed by atoms with Crippen molar-refractivity contribution in [1.82, 2.24) is 19.6 Å². The third kappa shape index (κ3) is 9.46. The van der Waals surface area contributed by atoms with Crippen LogP contribution in [-0.4, -0.2) is 65.7 Å². The Hall–Kier alpha value is -4.80. The Kier molecular flexibility index (Phi) is 11.5. The monoisotopic (exact) mass is 716 g/mol. The van der Waals surface area contributed by atoms with Crippen LogP contribution in [0.1, 0.15) is 36.8 Å². The van der Waals surface area contributed by atoms with Gasteiger partial charge in [-0.05, 0) is 85.8 Å². The van der Waals surface area contributed by atoms with Gasteiger partial charge in [-0.1, -0.05) is 18.2 Å². The number of aliphatic carboxylic acids is 1. The highest BCUT2D eigenvalue weighted by atomic mass is 32.2. The average Bonchev–Trinajstić information content (AvgIpc) is 3.58. The summed E-state index contributed by atoms with van der Waals surface area (Å²) >= 11 is 0. The van der Waals surface area contributed by atoms with Crippen LogP contribution in [0.15, 0.2) is 83.9 Å². The third-order valence-corrected chi connectivity index (χ3v) is 10.3. The van der Waals surface area contributed by atoms with Crippen LogP contribution in [0.25, 0.3) is 0 Å². The first-order chi connectivity index (χ1) is 23.8. The lowest BCUT2D eigenvalue weighted by Gasteiger charge is -2.34. The molecule has 1 aliphatic carbocycles. The number of aromatic nitrogens is 2. The van der Waals surface area contributed by atoms with E-state index in [0.717, 1.165) is 51.0 Å². The molecule has 1 fully saturated rings. The van der Waals surface area contributed by atoms with E-state index in [2.05, 4.69) is 44.1 Å². The molecule has 266 valence electrons. The molecule has 16 heteroatoms. The molecule has 1 aliphatic heterocycles. The molecule has 0 spiro atoms. The molecule has 11 nitrogen and oxygen atoms in total. The zero-order chi connectivity index (χ0) is 35.9. The molecular weight excluding hydrogens is 680 g/mol. The van der Waals surface area contributed by atoms with Crippen molar-refractivity contribution in [3.63, 3.8) is 0 Å². The molecule has 0 bridgehead atoms. The summed E-state index contributed by atoms with van der Waals surface area (Å²) in [6, 6.07) is 20.9. The number of fused-ring (bicyclic) bond motifs is 1. The van der Waals surface area contributed by atoms with Gasteiger partial charge in [0.15, 0.2) is 0 Å². The van der Waals surface area contributed by atoms with Crippen LogP contribution in [0.3, 0.4) is 0 Å². The number of carboxylic acid groups (broad SMARTS) is 1. The Morgan fingerprint density at radius 3 is 2.26 bits per heavy atom. The second-order valence-electron chi connectivity index (χ2n) is 11.8. The van der Waals surface area contributed by atoms with Gasteiger partial charge in [-0.2, -0.15) is 22.5 Å². The summed E-state index contributed by atoms with van der Waals surface area (Å²) in [5.41, 5.74) is 3.81. The molecular formula is C34H36F4N6O5S. The fourth-order valence-corrected chi connectivity index (χ4v) is 7.11. The van der Waals surface area contributed by atoms with Crippen molar-refractivity contribution in [1.29, 1.82) is 0 Å². The number of nitrogens with zero attached hydrogens (tertiary/aromatic N) is 3. The van der Waals surface area contributed by atoms with Crippen LogP contribution in [0, 0.1) is 5.82 Å². The fraction of sp³-hybridized carbons (Fsp3) is 0.324. The van der Waals surface area contributed by atoms with Crippen LogP contribution in [0.4, 0.5) is 40.7 Å². The van der Waals surface area contributed by atoms with Crippen molar-refractivity contribution in [3.05, 3.63) is 95.9 Å². The maximum atomic E-state index is 13.5. The first-order valence-corrected chi connectivity index (χ1v) is 17.2. The van der Waals surface area contributed by atoms with Crippen molar-refractivity contribution >= 4 is 39.1 Å². The SMILES string of the molecule is CN(C1CCC(NCc2cccc3c2OCC3)CC1)S(=O)(=O)c1ccc(Nc2nccc(Nc3ccc(F)cc3)n2)cc1.O=C(O)C(F)(F)F. The smallest absolute Gasteiger partial charge is 0.490 e. The van der Waals surface area contributed by atoms with Crippen LogP contribution in [-0.2, 0) is 27.8 Å².